The number of nitrogens with one attached hydrogen (secondary N) is 1. The van der Waals surface area contributed by atoms with Crippen LogP contribution in [0.3, 0.4) is 0 Å². The molecule has 0 radical (unpaired) electrons. The maximum atomic E-state index is 6.25. The molecule has 2 aromatic rings. The van der Waals surface area contributed by atoms with Gasteiger partial charge in [0.15, 0.2) is 0 Å². The Morgan fingerprint density at radius 3 is 2.63 bits per heavy atom. The average molecular weight is 296 g/mol. The number of benzene rings is 1. The molecule has 0 aliphatic heterocycles. The molecule has 1 unspecified atom stereocenters. The molecular weight excluding hydrogens is 277 g/mol. The molecule has 0 bridgehead atoms. The molecule has 1 aliphatic carbocycles. The van der Waals surface area contributed by atoms with Crippen molar-refractivity contribution in [3.8, 4) is 0 Å². The third-order valence-corrected chi connectivity index (χ3v) is 5.10. The van der Waals surface area contributed by atoms with Gasteiger partial charge in [0.2, 0.25) is 0 Å². The second kappa shape index (κ2) is 5.38. The molecule has 102 valence electrons. The molecule has 1 N–H and O–H groups in total. The van der Waals surface area contributed by atoms with Gasteiger partial charge >= 0.3 is 0 Å². The van der Waals surface area contributed by atoms with Crippen LogP contribution in [0.15, 0.2) is 18.3 Å². The van der Waals surface area contributed by atoms with E-state index in [-0.39, 0.29) is 0 Å². The van der Waals surface area contributed by atoms with E-state index in [1.807, 2.05) is 6.07 Å². The highest BCUT2D eigenvalue weighted by molar-refractivity contribution is 6.38. The van der Waals surface area contributed by atoms with Crippen LogP contribution in [-0.2, 0) is 0 Å². The molecule has 3 heteroatoms. The number of rotatable bonds is 2. The van der Waals surface area contributed by atoms with Crippen LogP contribution < -0.4 is 0 Å². The minimum Gasteiger partial charge on any atom is -0.360 e. The maximum Gasteiger partial charge on any atom is 0.0661 e. The zero-order valence-electron chi connectivity index (χ0n) is 11.2. The van der Waals surface area contributed by atoms with Crippen molar-refractivity contribution < 1.29 is 0 Å². The van der Waals surface area contributed by atoms with Crippen molar-refractivity contribution in [2.45, 2.75) is 44.9 Å². The van der Waals surface area contributed by atoms with E-state index in [1.165, 1.54) is 43.1 Å². The van der Waals surface area contributed by atoms with E-state index in [2.05, 4.69) is 18.1 Å². The molecule has 0 saturated heterocycles. The standard InChI is InChI=1S/C16H19Cl2N/c1-10(11-5-3-2-4-6-11)14-9-19-16-13(14)7-12(17)8-15(16)18/h7-11,19H,2-6H2,1H3. The summed E-state index contributed by atoms with van der Waals surface area (Å²) in [5, 5.41) is 2.62. The predicted octanol–water partition coefficient (Wildman–Crippen LogP) is 6.16. The summed E-state index contributed by atoms with van der Waals surface area (Å²) in [5.74, 6) is 1.37. The SMILES string of the molecule is CC(c1c[nH]c2c(Cl)cc(Cl)cc12)C1CCCCC1. The molecule has 1 atom stereocenters. The van der Waals surface area contributed by atoms with E-state index in [0.29, 0.717) is 16.0 Å². The molecule has 1 saturated carbocycles. The molecule has 1 nitrogen and oxygen atoms in total. The molecule has 1 aliphatic rings. The predicted molar refractivity (Wildman–Crippen MR) is 83.3 cm³/mol. The lowest BCUT2D eigenvalue weighted by molar-refractivity contribution is 0.317. The van der Waals surface area contributed by atoms with Gasteiger partial charge in [-0.05, 0) is 42.4 Å². The first kappa shape index (κ1) is 13.3. The van der Waals surface area contributed by atoms with Crippen molar-refractivity contribution in [1.29, 1.82) is 0 Å². The van der Waals surface area contributed by atoms with Gasteiger partial charge in [-0.3, -0.25) is 0 Å². The fourth-order valence-corrected chi connectivity index (χ4v) is 3.99. The number of fused-ring (bicyclic) bond motifs is 1. The Bertz CT molecular complexity index is 582. The van der Waals surface area contributed by atoms with Crippen LogP contribution in [0.5, 0.6) is 0 Å². The first-order chi connectivity index (χ1) is 9.16. The Labute approximate surface area is 124 Å². The van der Waals surface area contributed by atoms with Crippen LogP contribution in [0.4, 0.5) is 0 Å². The van der Waals surface area contributed by atoms with Gasteiger partial charge in [-0.25, -0.2) is 0 Å². The Morgan fingerprint density at radius 2 is 1.89 bits per heavy atom. The number of aromatic nitrogens is 1. The van der Waals surface area contributed by atoms with Crippen molar-refractivity contribution in [2.24, 2.45) is 5.92 Å². The van der Waals surface area contributed by atoms with Crippen molar-refractivity contribution in [1.82, 2.24) is 4.98 Å². The summed E-state index contributed by atoms with van der Waals surface area (Å²) < 4.78 is 0. The summed E-state index contributed by atoms with van der Waals surface area (Å²) in [6, 6.07) is 3.84. The lowest BCUT2D eigenvalue weighted by atomic mass is 9.78. The Morgan fingerprint density at radius 1 is 1.16 bits per heavy atom. The van der Waals surface area contributed by atoms with E-state index in [4.69, 9.17) is 23.2 Å². The van der Waals surface area contributed by atoms with Crippen molar-refractivity contribution in [2.75, 3.05) is 0 Å². The zero-order chi connectivity index (χ0) is 13.4. The van der Waals surface area contributed by atoms with Gasteiger partial charge in [0.1, 0.15) is 0 Å². The second-order valence-corrected chi connectivity index (χ2v) is 6.58. The van der Waals surface area contributed by atoms with Gasteiger partial charge in [0, 0.05) is 16.6 Å². The summed E-state index contributed by atoms with van der Waals surface area (Å²) in [4.78, 5) is 3.31. The Kier molecular flexibility index (Phi) is 3.77. The summed E-state index contributed by atoms with van der Waals surface area (Å²) >= 11 is 12.4. The van der Waals surface area contributed by atoms with E-state index in [9.17, 15) is 0 Å². The van der Waals surface area contributed by atoms with Gasteiger partial charge in [-0.15, -0.1) is 0 Å². The van der Waals surface area contributed by atoms with Gasteiger partial charge in [-0.1, -0.05) is 49.4 Å². The first-order valence-corrected chi connectivity index (χ1v) is 7.88. The van der Waals surface area contributed by atoms with Gasteiger partial charge in [-0.2, -0.15) is 0 Å². The van der Waals surface area contributed by atoms with Crippen molar-refractivity contribution in [3.63, 3.8) is 0 Å². The van der Waals surface area contributed by atoms with E-state index in [0.717, 1.165) is 11.4 Å². The normalized spacial score (nSPS) is 18.9. The van der Waals surface area contributed by atoms with Crippen molar-refractivity contribution >= 4 is 34.1 Å². The molecule has 1 heterocycles. The van der Waals surface area contributed by atoms with E-state index >= 15 is 0 Å². The molecular formula is C16H19Cl2N. The highest BCUT2D eigenvalue weighted by Gasteiger charge is 2.23. The number of aromatic amines is 1. The fourth-order valence-electron chi connectivity index (χ4n) is 3.44. The van der Waals surface area contributed by atoms with Gasteiger partial charge in [0.25, 0.3) is 0 Å². The lowest BCUT2D eigenvalue weighted by Gasteiger charge is -2.27. The van der Waals surface area contributed by atoms with Crippen LogP contribution in [0, 0.1) is 5.92 Å². The monoisotopic (exact) mass is 295 g/mol. The smallest absolute Gasteiger partial charge is 0.0661 e. The second-order valence-electron chi connectivity index (χ2n) is 5.74. The number of halogens is 2. The molecule has 1 fully saturated rings. The highest BCUT2D eigenvalue weighted by Crippen LogP contribution is 2.40. The van der Waals surface area contributed by atoms with Gasteiger partial charge in [0.05, 0.1) is 10.5 Å². The minimum atomic E-state index is 0.573. The molecule has 19 heavy (non-hydrogen) atoms. The maximum absolute atomic E-state index is 6.25. The third kappa shape index (κ3) is 2.51. The summed E-state index contributed by atoms with van der Waals surface area (Å²) in [5.41, 5.74) is 2.38. The fraction of sp³-hybridized carbons (Fsp3) is 0.500. The number of hydrogen-bond acceptors (Lipinski definition) is 0. The number of H-pyrrole nitrogens is 1. The lowest BCUT2D eigenvalue weighted by Crippen LogP contribution is -2.13. The largest absolute Gasteiger partial charge is 0.360 e. The summed E-state index contributed by atoms with van der Waals surface area (Å²) in [7, 11) is 0. The topological polar surface area (TPSA) is 15.8 Å². The average Bonchev–Trinajstić information content (AvgIpc) is 2.83. The van der Waals surface area contributed by atoms with Crippen molar-refractivity contribution in [3.05, 3.63) is 33.9 Å². The van der Waals surface area contributed by atoms with Crippen LogP contribution in [0.2, 0.25) is 10.0 Å². The quantitative estimate of drug-likeness (QED) is 0.683. The molecule has 1 aromatic heterocycles. The number of hydrogen-bond donors (Lipinski definition) is 1. The molecule has 3 rings (SSSR count). The van der Waals surface area contributed by atoms with E-state index < -0.39 is 0 Å². The van der Waals surface area contributed by atoms with Crippen LogP contribution in [0.1, 0.15) is 50.5 Å². The molecule has 1 aromatic carbocycles. The highest BCUT2D eigenvalue weighted by atomic mass is 35.5. The molecule has 0 amide bonds. The summed E-state index contributed by atoms with van der Waals surface area (Å²) in [6.07, 6.45) is 8.96. The Balaban J connectivity index is 2.00. The third-order valence-electron chi connectivity index (χ3n) is 4.59. The first-order valence-electron chi connectivity index (χ1n) is 7.13. The minimum absolute atomic E-state index is 0.573. The zero-order valence-corrected chi connectivity index (χ0v) is 12.7. The molecule has 0 spiro atoms. The van der Waals surface area contributed by atoms with Gasteiger partial charge < -0.3 is 4.98 Å². The summed E-state index contributed by atoms with van der Waals surface area (Å²) in [6.45, 7) is 2.34. The van der Waals surface area contributed by atoms with Crippen LogP contribution >= 0.6 is 23.2 Å². The van der Waals surface area contributed by atoms with Crippen LogP contribution in [0.25, 0.3) is 10.9 Å². The van der Waals surface area contributed by atoms with E-state index in [1.54, 1.807) is 6.07 Å². The van der Waals surface area contributed by atoms with Crippen LogP contribution in [-0.4, -0.2) is 4.98 Å². The Hall–Kier alpha value is -0.660.